The van der Waals surface area contributed by atoms with Gasteiger partial charge in [0, 0.05) is 30.6 Å². The number of aromatic nitrogens is 4. The number of nitrogens with zero attached hydrogens (tertiary/aromatic N) is 6. The molecular weight excluding hydrogens is 578 g/mol. The van der Waals surface area contributed by atoms with E-state index in [-0.39, 0.29) is 28.1 Å². The van der Waals surface area contributed by atoms with Crippen LogP contribution < -0.4 is 10.2 Å². The molecule has 4 aromatic rings. The van der Waals surface area contributed by atoms with E-state index in [2.05, 4.69) is 15.3 Å². The average Bonchev–Trinajstić information content (AvgIpc) is 3.37. The van der Waals surface area contributed by atoms with Gasteiger partial charge in [0.25, 0.3) is 17.6 Å². The monoisotopic (exact) mass is 615 g/mol. The van der Waals surface area contributed by atoms with Crippen LogP contribution >= 0.6 is 0 Å². The molecule has 0 spiro atoms. The van der Waals surface area contributed by atoms with Crippen LogP contribution in [0.4, 0.5) is 16.6 Å². The summed E-state index contributed by atoms with van der Waals surface area (Å²) in [6, 6.07) is 16.3. The largest absolute Gasteiger partial charge is 0.473 e. The van der Waals surface area contributed by atoms with Gasteiger partial charge in [-0.15, -0.1) is 0 Å². The molecule has 2 aromatic heterocycles. The summed E-state index contributed by atoms with van der Waals surface area (Å²) >= 11 is 0. The van der Waals surface area contributed by atoms with Gasteiger partial charge in [-0.3, -0.25) is 14.2 Å². The quantitative estimate of drug-likeness (QED) is 0.0889. The molecular formula is C32H37N7O6. The predicted octanol–water partition coefficient (Wildman–Crippen LogP) is 5.87. The molecule has 0 radical (unpaired) electrons. The zero-order chi connectivity index (χ0) is 32.6. The van der Waals surface area contributed by atoms with Crippen LogP contribution in [0.15, 0.2) is 60.7 Å². The number of hydrogen-bond acceptors (Lipinski definition) is 9. The van der Waals surface area contributed by atoms with Crippen LogP contribution in [0.1, 0.15) is 79.9 Å². The first-order chi connectivity index (χ1) is 21.5. The number of nitrogens with one attached hydrogen (secondary N) is 1. The second-order valence-electron chi connectivity index (χ2n) is 11.4. The number of benzene rings is 2. The van der Waals surface area contributed by atoms with Crippen molar-refractivity contribution in [1.29, 1.82) is 0 Å². The van der Waals surface area contributed by atoms with Gasteiger partial charge in [-0.1, -0.05) is 49.7 Å². The number of ether oxygens (including phenoxy) is 1. The average molecular weight is 616 g/mol. The molecule has 0 bridgehead atoms. The van der Waals surface area contributed by atoms with E-state index < -0.39 is 34.4 Å². The standard InChI is InChI=1S/C32H37N7O6/c1-5-6-19-24-34-25-26(37(24)21-14-13-20-33-31(42)45-32(2,3)4)35-30(39(43)44)36-27(25)38(28(40)22-15-9-7-10-16-22)29(41)23-17-11-8-12-18-23/h7-12,15-18H,5-6,13-14,19-21H2,1-4H3,(H,33,42). The molecule has 4 rings (SSSR count). The smallest absolute Gasteiger partial charge is 0.444 e. The lowest BCUT2D eigenvalue weighted by molar-refractivity contribution is -0.394. The second-order valence-corrected chi connectivity index (χ2v) is 11.4. The zero-order valence-corrected chi connectivity index (χ0v) is 25.9. The van der Waals surface area contributed by atoms with Crippen LogP contribution in [0.2, 0.25) is 0 Å². The first-order valence-electron chi connectivity index (χ1n) is 14.9. The van der Waals surface area contributed by atoms with Gasteiger partial charge in [-0.05, 0) is 79.2 Å². The van der Waals surface area contributed by atoms with Crippen molar-refractivity contribution in [2.45, 2.75) is 71.9 Å². The van der Waals surface area contributed by atoms with Gasteiger partial charge in [-0.2, -0.15) is 0 Å². The maximum Gasteiger partial charge on any atom is 0.473 e. The highest BCUT2D eigenvalue weighted by atomic mass is 16.6. The van der Waals surface area contributed by atoms with E-state index in [9.17, 15) is 24.5 Å². The van der Waals surface area contributed by atoms with Crippen LogP contribution in [0, 0.1) is 10.1 Å². The van der Waals surface area contributed by atoms with Crippen molar-refractivity contribution in [3.05, 3.63) is 87.7 Å². The second kappa shape index (κ2) is 14.5. The Bertz CT molecular complexity index is 1610. The Morgan fingerprint density at radius 1 is 0.911 bits per heavy atom. The number of alkyl carbamates (subject to hydrolysis) is 1. The van der Waals surface area contributed by atoms with E-state index in [0.717, 1.165) is 17.7 Å². The number of hydrogen-bond donors (Lipinski definition) is 1. The van der Waals surface area contributed by atoms with Crippen molar-refractivity contribution in [3.8, 4) is 0 Å². The number of unbranched alkanes of at least 4 members (excludes halogenated alkanes) is 2. The fraction of sp³-hybridized carbons (Fsp3) is 0.375. The summed E-state index contributed by atoms with van der Waals surface area (Å²) in [7, 11) is 0. The molecule has 0 saturated heterocycles. The molecule has 0 saturated carbocycles. The van der Waals surface area contributed by atoms with Crippen LogP contribution in [-0.2, 0) is 17.7 Å². The number of rotatable bonds is 12. The van der Waals surface area contributed by atoms with E-state index >= 15 is 0 Å². The number of imidazole rings is 1. The third-order valence-corrected chi connectivity index (χ3v) is 6.70. The molecule has 0 unspecified atom stereocenters. The predicted molar refractivity (Wildman–Crippen MR) is 168 cm³/mol. The lowest BCUT2D eigenvalue weighted by atomic mass is 10.1. The third-order valence-electron chi connectivity index (χ3n) is 6.70. The first-order valence-corrected chi connectivity index (χ1v) is 14.9. The SMILES string of the molecule is CCCCc1nc2c(N(C(=O)c3ccccc3)C(=O)c3ccccc3)nc([N+](=O)[O-])nc2n1CCCCNC(=O)OC(C)(C)C. The number of nitro groups is 1. The minimum Gasteiger partial charge on any atom is -0.444 e. The Morgan fingerprint density at radius 2 is 1.51 bits per heavy atom. The molecule has 0 atom stereocenters. The Balaban J connectivity index is 1.78. The molecule has 2 heterocycles. The molecule has 13 heteroatoms. The number of aryl methyl sites for hydroxylation is 2. The minimum atomic E-state index is -0.765. The summed E-state index contributed by atoms with van der Waals surface area (Å²) in [5.74, 6) is -1.85. The molecule has 236 valence electrons. The van der Waals surface area contributed by atoms with Crippen molar-refractivity contribution in [3.63, 3.8) is 0 Å². The highest BCUT2D eigenvalue weighted by Gasteiger charge is 2.36. The Morgan fingerprint density at radius 3 is 2.04 bits per heavy atom. The molecule has 3 amide bonds. The number of carbonyl (C=O) groups excluding carboxylic acids is 3. The molecule has 45 heavy (non-hydrogen) atoms. The van der Waals surface area contributed by atoms with E-state index in [4.69, 9.17) is 9.72 Å². The number of fused-ring (bicyclic) bond motifs is 1. The summed E-state index contributed by atoms with van der Waals surface area (Å²) in [5, 5.41) is 14.8. The van der Waals surface area contributed by atoms with Crippen LogP contribution in [0.5, 0.6) is 0 Å². The fourth-order valence-electron chi connectivity index (χ4n) is 4.62. The number of imide groups is 1. The maximum absolute atomic E-state index is 13.9. The van der Waals surface area contributed by atoms with Crippen LogP contribution in [0.3, 0.4) is 0 Å². The molecule has 0 aliphatic carbocycles. The zero-order valence-electron chi connectivity index (χ0n) is 25.9. The molecule has 0 aliphatic rings. The first kappa shape index (κ1) is 32.7. The van der Waals surface area contributed by atoms with Crippen LogP contribution in [0.25, 0.3) is 11.2 Å². The van der Waals surface area contributed by atoms with Gasteiger partial charge >= 0.3 is 12.0 Å². The van der Waals surface area contributed by atoms with Crippen molar-refractivity contribution < 1.29 is 24.0 Å². The molecule has 0 aliphatic heterocycles. The Hall–Kier alpha value is -5.20. The minimum absolute atomic E-state index is 0.104. The number of amides is 3. The number of carbonyl (C=O) groups is 3. The molecule has 0 fully saturated rings. The molecule has 1 N–H and O–H groups in total. The molecule has 2 aromatic carbocycles. The van der Waals surface area contributed by atoms with E-state index in [1.165, 1.54) is 0 Å². The topological polar surface area (TPSA) is 162 Å². The summed E-state index contributed by atoms with van der Waals surface area (Å²) in [5.41, 5.74) is 0.0213. The number of anilines is 1. The van der Waals surface area contributed by atoms with Crippen molar-refractivity contribution in [2.24, 2.45) is 0 Å². The van der Waals surface area contributed by atoms with Gasteiger partial charge in [0.05, 0.1) is 0 Å². The van der Waals surface area contributed by atoms with Gasteiger partial charge in [0.1, 0.15) is 11.4 Å². The van der Waals surface area contributed by atoms with E-state index in [1.807, 2.05) is 6.92 Å². The summed E-state index contributed by atoms with van der Waals surface area (Å²) in [6.45, 7) is 8.11. The Kier molecular flexibility index (Phi) is 10.6. The summed E-state index contributed by atoms with van der Waals surface area (Å²) in [4.78, 5) is 65.2. The maximum atomic E-state index is 13.9. The lowest BCUT2D eigenvalue weighted by Crippen LogP contribution is -2.38. The van der Waals surface area contributed by atoms with Gasteiger partial charge in [0.15, 0.2) is 5.52 Å². The normalized spacial score (nSPS) is 11.3. The highest BCUT2D eigenvalue weighted by Crippen LogP contribution is 2.30. The third kappa shape index (κ3) is 8.25. The van der Waals surface area contributed by atoms with Crippen molar-refractivity contribution >= 4 is 40.8 Å². The van der Waals surface area contributed by atoms with Crippen molar-refractivity contribution in [2.75, 3.05) is 11.4 Å². The lowest BCUT2D eigenvalue weighted by Gasteiger charge is -2.19. The van der Waals surface area contributed by atoms with E-state index in [1.54, 1.807) is 86.0 Å². The summed E-state index contributed by atoms with van der Waals surface area (Å²) in [6.07, 6.45) is 2.82. The summed E-state index contributed by atoms with van der Waals surface area (Å²) < 4.78 is 7.05. The highest BCUT2D eigenvalue weighted by molar-refractivity contribution is 6.27. The Labute approximate surface area is 260 Å². The van der Waals surface area contributed by atoms with Crippen molar-refractivity contribution in [1.82, 2.24) is 24.8 Å². The van der Waals surface area contributed by atoms with Gasteiger partial charge < -0.3 is 20.2 Å². The molecule has 13 nitrogen and oxygen atoms in total. The van der Waals surface area contributed by atoms with Crippen LogP contribution in [-0.4, -0.2) is 54.5 Å². The van der Waals surface area contributed by atoms with Gasteiger partial charge in [0.2, 0.25) is 5.65 Å². The van der Waals surface area contributed by atoms with Gasteiger partial charge in [-0.25, -0.2) is 14.7 Å². The fourth-order valence-corrected chi connectivity index (χ4v) is 4.62. The van der Waals surface area contributed by atoms with E-state index in [0.29, 0.717) is 38.2 Å².